The minimum absolute atomic E-state index is 0.434. The molecule has 1 fully saturated rings. The van der Waals surface area contributed by atoms with Crippen molar-refractivity contribution in [2.75, 3.05) is 6.54 Å². The summed E-state index contributed by atoms with van der Waals surface area (Å²) < 4.78 is 25.2. The van der Waals surface area contributed by atoms with Crippen LogP contribution in [0, 0.1) is 0 Å². The molecular weight excluding hydrogens is 266 g/mol. The van der Waals surface area contributed by atoms with E-state index in [9.17, 15) is 18.4 Å². The number of piperazine rings is 1. The predicted octanol–water partition coefficient (Wildman–Crippen LogP) is 1.51. The van der Waals surface area contributed by atoms with Crippen molar-refractivity contribution in [2.45, 2.75) is 31.9 Å². The monoisotopic (exact) mass is 282 g/mol. The lowest BCUT2D eigenvalue weighted by atomic mass is 9.87. The predicted molar refractivity (Wildman–Crippen MR) is 69.1 cm³/mol. The smallest absolute Gasteiger partial charge is 0.255 e. The van der Waals surface area contributed by atoms with Crippen LogP contribution in [0.4, 0.5) is 8.78 Å². The molecule has 6 heteroatoms. The molecule has 1 saturated heterocycles. The number of halogens is 2. The van der Waals surface area contributed by atoms with E-state index in [-0.39, 0.29) is 0 Å². The molecule has 2 atom stereocenters. The van der Waals surface area contributed by atoms with Gasteiger partial charge in [0, 0.05) is 0 Å². The Hall–Kier alpha value is -1.98. The van der Waals surface area contributed by atoms with Gasteiger partial charge in [-0.3, -0.25) is 9.59 Å². The molecule has 2 rings (SSSR count). The molecule has 0 spiro atoms. The topological polar surface area (TPSA) is 49.4 Å². The molecule has 1 aliphatic heterocycles. The fourth-order valence-corrected chi connectivity index (χ4v) is 2.37. The minimum atomic E-state index is -2.67. The summed E-state index contributed by atoms with van der Waals surface area (Å²) in [5, 5.41) is 2.64. The van der Waals surface area contributed by atoms with Crippen molar-refractivity contribution >= 4 is 11.8 Å². The minimum Gasteiger partial charge on any atom is -0.336 e. The van der Waals surface area contributed by atoms with Crippen molar-refractivity contribution in [2.24, 2.45) is 0 Å². The van der Waals surface area contributed by atoms with E-state index in [1.165, 1.54) is 13.8 Å². The number of hydrogen-bond donors (Lipinski definition) is 1. The van der Waals surface area contributed by atoms with Gasteiger partial charge >= 0.3 is 0 Å². The average Bonchev–Trinajstić information content (AvgIpc) is 2.42. The zero-order valence-electron chi connectivity index (χ0n) is 11.3. The van der Waals surface area contributed by atoms with Crippen LogP contribution in [0.25, 0.3) is 0 Å². The number of alkyl halides is 2. The fraction of sp³-hybridized carbons (Fsp3) is 0.429. The third-order valence-electron chi connectivity index (χ3n) is 3.59. The Morgan fingerprint density at radius 1 is 1.30 bits per heavy atom. The highest BCUT2D eigenvalue weighted by molar-refractivity contribution is 6.00. The summed E-state index contributed by atoms with van der Waals surface area (Å²) in [5.41, 5.74) is -0.732. The van der Waals surface area contributed by atoms with Crippen LogP contribution < -0.4 is 5.32 Å². The number of rotatable bonds is 3. The van der Waals surface area contributed by atoms with Crippen LogP contribution in [0.3, 0.4) is 0 Å². The number of carbonyl (C=O) groups excluding carboxylic acids is 2. The van der Waals surface area contributed by atoms with Crippen molar-refractivity contribution in [3.8, 4) is 0 Å². The maximum Gasteiger partial charge on any atom is 0.255 e. The highest BCUT2D eigenvalue weighted by atomic mass is 19.3. The molecule has 1 N–H and O–H groups in total. The van der Waals surface area contributed by atoms with E-state index in [1.54, 1.807) is 30.3 Å². The van der Waals surface area contributed by atoms with Gasteiger partial charge in [-0.2, -0.15) is 0 Å². The summed E-state index contributed by atoms with van der Waals surface area (Å²) in [4.78, 5) is 25.4. The van der Waals surface area contributed by atoms with Gasteiger partial charge in [0.1, 0.15) is 11.6 Å². The first-order valence-electron chi connectivity index (χ1n) is 6.33. The molecule has 4 nitrogen and oxygen atoms in total. The van der Waals surface area contributed by atoms with Crippen molar-refractivity contribution in [3.63, 3.8) is 0 Å². The normalized spacial score (nSPS) is 26.9. The lowest BCUT2D eigenvalue weighted by Crippen LogP contribution is -2.67. The second kappa shape index (κ2) is 5.19. The van der Waals surface area contributed by atoms with E-state index in [1.807, 2.05) is 0 Å². The fourth-order valence-electron chi connectivity index (χ4n) is 2.37. The first-order chi connectivity index (χ1) is 9.36. The van der Waals surface area contributed by atoms with E-state index in [4.69, 9.17) is 0 Å². The summed E-state index contributed by atoms with van der Waals surface area (Å²) in [6, 6.07) is 7.73. The largest absolute Gasteiger partial charge is 0.336 e. The van der Waals surface area contributed by atoms with E-state index < -0.39 is 36.4 Å². The van der Waals surface area contributed by atoms with Crippen LogP contribution in [-0.4, -0.2) is 35.7 Å². The number of benzene rings is 1. The van der Waals surface area contributed by atoms with E-state index in [0.29, 0.717) is 5.56 Å². The highest BCUT2D eigenvalue weighted by Crippen LogP contribution is 2.28. The number of carbonyl (C=O) groups is 2. The Balaban J connectivity index is 2.40. The van der Waals surface area contributed by atoms with Gasteiger partial charge in [-0.1, -0.05) is 30.3 Å². The second-order valence-corrected chi connectivity index (χ2v) is 5.00. The molecule has 1 aromatic rings. The van der Waals surface area contributed by atoms with Crippen LogP contribution in [0.2, 0.25) is 0 Å². The molecule has 0 aliphatic carbocycles. The lowest BCUT2D eigenvalue weighted by Gasteiger charge is -2.43. The van der Waals surface area contributed by atoms with Gasteiger partial charge in [-0.25, -0.2) is 8.78 Å². The Labute approximate surface area is 115 Å². The van der Waals surface area contributed by atoms with E-state index in [2.05, 4.69) is 5.32 Å². The third kappa shape index (κ3) is 2.37. The van der Waals surface area contributed by atoms with Crippen LogP contribution in [-0.2, 0) is 15.1 Å². The maximum absolute atomic E-state index is 12.6. The molecule has 0 bridgehead atoms. The SMILES string of the molecule is CC1C(=O)NC(C)(c2ccccc2)C(=O)N1CC(F)F. The molecule has 1 heterocycles. The van der Waals surface area contributed by atoms with Crippen LogP contribution in [0.5, 0.6) is 0 Å². The summed E-state index contributed by atoms with van der Waals surface area (Å²) in [5.74, 6) is -0.951. The first kappa shape index (κ1) is 14.4. The second-order valence-electron chi connectivity index (χ2n) is 5.00. The highest BCUT2D eigenvalue weighted by Gasteiger charge is 2.48. The molecule has 1 aromatic carbocycles. The zero-order chi connectivity index (χ0) is 14.9. The van der Waals surface area contributed by atoms with E-state index >= 15 is 0 Å². The molecule has 20 heavy (non-hydrogen) atoms. The number of hydrogen-bond acceptors (Lipinski definition) is 2. The van der Waals surface area contributed by atoms with E-state index in [0.717, 1.165) is 4.90 Å². The quantitative estimate of drug-likeness (QED) is 0.913. The Kier molecular flexibility index (Phi) is 3.74. The molecule has 0 aromatic heterocycles. The Morgan fingerprint density at radius 2 is 1.90 bits per heavy atom. The van der Waals surface area contributed by atoms with Gasteiger partial charge in [-0.15, -0.1) is 0 Å². The standard InChI is InChI=1S/C14H16F2N2O2/c1-9-12(19)17-14(2,10-6-4-3-5-7-10)13(20)18(9)8-11(15)16/h3-7,9,11H,8H2,1-2H3,(H,17,19). The molecule has 108 valence electrons. The zero-order valence-corrected chi connectivity index (χ0v) is 11.3. The van der Waals surface area contributed by atoms with Crippen LogP contribution >= 0.6 is 0 Å². The number of nitrogens with one attached hydrogen (secondary N) is 1. The molecule has 1 aliphatic rings. The molecule has 2 amide bonds. The third-order valence-corrected chi connectivity index (χ3v) is 3.59. The van der Waals surface area contributed by atoms with Gasteiger partial charge in [0.05, 0.1) is 6.54 Å². The van der Waals surface area contributed by atoms with Crippen molar-refractivity contribution in [3.05, 3.63) is 35.9 Å². The number of nitrogens with zero attached hydrogens (tertiary/aromatic N) is 1. The average molecular weight is 282 g/mol. The molecule has 2 unspecified atom stereocenters. The van der Waals surface area contributed by atoms with Crippen molar-refractivity contribution < 1.29 is 18.4 Å². The molecular formula is C14H16F2N2O2. The first-order valence-corrected chi connectivity index (χ1v) is 6.33. The molecule has 0 saturated carbocycles. The van der Waals surface area contributed by atoms with Gasteiger partial charge in [0.15, 0.2) is 0 Å². The summed E-state index contributed by atoms with van der Waals surface area (Å²) >= 11 is 0. The number of amides is 2. The molecule has 0 radical (unpaired) electrons. The maximum atomic E-state index is 12.6. The van der Waals surface area contributed by atoms with Gasteiger partial charge in [0.25, 0.3) is 12.3 Å². The summed E-state index contributed by atoms with van der Waals surface area (Å²) in [7, 11) is 0. The Morgan fingerprint density at radius 3 is 2.45 bits per heavy atom. The van der Waals surface area contributed by atoms with Crippen LogP contribution in [0.1, 0.15) is 19.4 Å². The summed E-state index contributed by atoms with van der Waals surface area (Å²) in [6.45, 7) is 2.24. The van der Waals surface area contributed by atoms with Gasteiger partial charge in [0.2, 0.25) is 5.91 Å². The lowest BCUT2D eigenvalue weighted by molar-refractivity contribution is -0.156. The summed E-state index contributed by atoms with van der Waals surface area (Å²) in [6.07, 6.45) is -2.67. The van der Waals surface area contributed by atoms with Crippen molar-refractivity contribution in [1.29, 1.82) is 0 Å². The van der Waals surface area contributed by atoms with Gasteiger partial charge < -0.3 is 10.2 Å². The van der Waals surface area contributed by atoms with Crippen molar-refractivity contribution in [1.82, 2.24) is 10.2 Å². The van der Waals surface area contributed by atoms with Crippen LogP contribution in [0.15, 0.2) is 30.3 Å². The van der Waals surface area contributed by atoms with Gasteiger partial charge in [-0.05, 0) is 19.4 Å². The Bertz CT molecular complexity index is 521.